The fourth-order valence-corrected chi connectivity index (χ4v) is 0.207. The predicted octanol–water partition coefficient (Wildman–Crippen LogP) is 0.709. The van der Waals surface area contributed by atoms with E-state index in [1.54, 1.807) is 0 Å². The standard InChI is InChI=1S/CH2BrNO3.H3N/c2-1-6-3(4)5;/h1H2;1H3. The van der Waals surface area contributed by atoms with Crippen LogP contribution in [0.2, 0.25) is 0 Å². The predicted molar refractivity (Wildman–Crippen MR) is 26.9 cm³/mol. The van der Waals surface area contributed by atoms with Crippen molar-refractivity contribution in [3.63, 3.8) is 0 Å². The van der Waals surface area contributed by atoms with Gasteiger partial charge >= 0.3 is 0 Å². The van der Waals surface area contributed by atoms with Gasteiger partial charge in [-0.3, -0.25) is 0 Å². The first kappa shape index (κ1) is 9.81. The van der Waals surface area contributed by atoms with Crippen LogP contribution in [0.5, 0.6) is 0 Å². The van der Waals surface area contributed by atoms with E-state index in [9.17, 15) is 0 Å². The van der Waals surface area contributed by atoms with Crippen LogP contribution in [0.3, 0.4) is 0 Å². The van der Waals surface area contributed by atoms with Crippen molar-refractivity contribution in [3.05, 3.63) is 10.1 Å². The number of rotatable bonds is 2. The second-order valence-corrected chi connectivity index (χ2v) is 0.920. The molecule has 0 aliphatic carbocycles. The Morgan fingerprint density at radius 3 is 2.29 bits per heavy atom. The Morgan fingerprint density at radius 1 is 1.86 bits per heavy atom. The van der Waals surface area contributed by atoms with Crippen LogP contribution in [-0.2, 0) is 4.84 Å². The summed E-state index contributed by atoms with van der Waals surface area (Å²) < 4.78 is 0. The van der Waals surface area contributed by atoms with E-state index in [0.29, 0.717) is 0 Å². The molecule has 5 nitrogen and oxygen atoms in total. The Bertz CT molecular complexity index is 56.9. The SMILES string of the molecule is N.O=[N+]([O-])OCBr. The van der Waals surface area contributed by atoms with Gasteiger partial charge in [0.15, 0.2) is 5.52 Å². The van der Waals surface area contributed by atoms with Crippen LogP contribution in [0, 0.1) is 10.1 Å². The summed E-state index contributed by atoms with van der Waals surface area (Å²) in [6.45, 7) is 0. The highest BCUT2D eigenvalue weighted by molar-refractivity contribution is 9.09. The van der Waals surface area contributed by atoms with Gasteiger partial charge < -0.3 is 11.0 Å². The molecule has 0 rings (SSSR count). The Balaban J connectivity index is 0. The topological polar surface area (TPSA) is 87.4 Å². The average molecular weight is 173 g/mol. The lowest BCUT2D eigenvalue weighted by Gasteiger charge is -1.82. The molecule has 0 atom stereocenters. The zero-order valence-corrected chi connectivity index (χ0v) is 5.05. The summed E-state index contributed by atoms with van der Waals surface area (Å²) in [4.78, 5) is 12.8. The zero-order valence-electron chi connectivity index (χ0n) is 3.46. The molecule has 0 aliphatic rings. The number of hydrogen-bond donors (Lipinski definition) is 1. The minimum absolute atomic E-state index is 0. The molecule has 0 radical (unpaired) electrons. The van der Waals surface area contributed by atoms with E-state index in [1.807, 2.05) is 0 Å². The third kappa shape index (κ3) is 10.7. The van der Waals surface area contributed by atoms with Crippen molar-refractivity contribution in [3.8, 4) is 0 Å². The number of alkyl halides is 1. The van der Waals surface area contributed by atoms with E-state index in [-0.39, 0.29) is 11.7 Å². The molecule has 0 saturated heterocycles. The smallest absolute Gasteiger partial charge is 0.295 e. The molecule has 7 heavy (non-hydrogen) atoms. The average Bonchev–Trinajstić information content (AvgIpc) is 1.35. The number of halogens is 1. The molecule has 0 unspecified atom stereocenters. The lowest BCUT2D eigenvalue weighted by molar-refractivity contribution is -0.751. The van der Waals surface area contributed by atoms with Crippen LogP contribution in [0.4, 0.5) is 0 Å². The maximum Gasteiger partial charge on any atom is 0.295 e. The van der Waals surface area contributed by atoms with E-state index >= 15 is 0 Å². The van der Waals surface area contributed by atoms with Gasteiger partial charge in [0.05, 0.1) is 0 Å². The molecule has 6 heteroatoms. The van der Waals surface area contributed by atoms with Gasteiger partial charge in [0, 0.05) is 0 Å². The first-order valence-corrected chi connectivity index (χ1v) is 2.23. The van der Waals surface area contributed by atoms with Gasteiger partial charge in [-0.2, -0.15) is 0 Å². The maximum absolute atomic E-state index is 9.15. The summed E-state index contributed by atoms with van der Waals surface area (Å²) in [6.07, 6.45) is 0. The van der Waals surface area contributed by atoms with Gasteiger partial charge in [0.25, 0.3) is 5.09 Å². The second-order valence-electron chi connectivity index (χ2n) is 0.462. The Labute approximate surface area is 48.5 Å². The van der Waals surface area contributed by atoms with Gasteiger partial charge in [-0.25, -0.2) is 0 Å². The maximum atomic E-state index is 9.15. The van der Waals surface area contributed by atoms with Crippen molar-refractivity contribution in [1.82, 2.24) is 6.15 Å². The lowest BCUT2D eigenvalue weighted by Crippen LogP contribution is -1.95. The highest BCUT2D eigenvalue weighted by Gasteiger charge is 1.84. The van der Waals surface area contributed by atoms with E-state index in [0.717, 1.165) is 0 Å². The monoisotopic (exact) mass is 172 g/mol. The molecule has 3 N–H and O–H groups in total. The molecule has 44 valence electrons. The van der Waals surface area contributed by atoms with Crippen LogP contribution < -0.4 is 6.15 Å². The molecule has 0 aliphatic heterocycles. The first-order chi connectivity index (χ1) is 2.77. The fraction of sp³-hybridized carbons (Fsp3) is 1.00. The van der Waals surface area contributed by atoms with Gasteiger partial charge in [-0.15, -0.1) is 10.1 Å². The minimum atomic E-state index is -0.866. The van der Waals surface area contributed by atoms with E-state index in [1.165, 1.54) is 0 Å². The Morgan fingerprint density at radius 2 is 2.29 bits per heavy atom. The molecular formula is CH5BrN2O3. The second kappa shape index (κ2) is 5.64. The van der Waals surface area contributed by atoms with E-state index in [2.05, 4.69) is 20.8 Å². The molecule has 0 amide bonds. The largest absolute Gasteiger partial charge is 0.344 e. The summed E-state index contributed by atoms with van der Waals surface area (Å²) in [5, 5.41) is 8.29. The molecule has 0 fully saturated rings. The third-order valence-electron chi connectivity index (χ3n) is 0.154. The van der Waals surface area contributed by atoms with Crippen molar-refractivity contribution in [1.29, 1.82) is 0 Å². The van der Waals surface area contributed by atoms with Crippen molar-refractivity contribution in [2.45, 2.75) is 0 Å². The van der Waals surface area contributed by atoms with Crippen LogP contribution in [0.1, 0.15) is 0 Å². The van der Waals surface area contributed by atoms with Crippen LogP contribution >= 0.6 is 15.9 Å². The van der Waals surface area contributed by atoms with Crippen LogP contribution in [0.25, 0.3) is 0 Å². The molecule has 0 aromatic carbocycles. The summed E-state index contributed by atoms with van der Waals surface area (Å²) in [5.41, 5.74) is -0.0556. The number of hydrogen-bond acceptors (Lipinski definition) is 4. The first-order valence-electron chi connectivity index (χ1n) is 1.10. The van der Waals surface area contributed by atoms with Gasteiger partial charge in [0.2, 0.25) is 0 Å². The molecule has 0 spiro atoms. The fourth-order valence-electron chi connectivity index (χ4n) is 0.0398. The van der Waals surface area contributed by atoms with Crippen molar-refractivity contribution >= 4 is 15.9 Å². The van der Waals surface area contributed by atoms with Crippen LogP contribution in [0.15, 0.2) is 0 Å². The van der Waals surface area contributed by atoms with E-state index < -0.39 is 5.09 Å². The molecule has 0 aromatic heterocycles. The molecular weight excluding hydrogens is 168 g/mol. The Kier molecular flexibility index (Phi) is 7.90. The normalized spacial score (nSPS) is 6.43. The number of nitrogens with zero attached hydrogens (tertiary/aromatic N) is 1. The summed E-state index contributed by atoms with van der Waals surface area (Å²) in [5.74, 6) is 0. The quantitative estimate of drug-likeness (QED) is 0.378. The summed E-state index contributed by atoms with van der Waals surface area (Å²) >= 11 is 2.69. The minimum Gasteiger partial charge on any atom is -0.344 e. The van der Waals surface area contributed by atoms with Gasteiger partial charge in [-0.05, 0) is 0 Å². The highest BCUT2D eigenvalue weighted by Crippen LogP contribution is 1.79. The zero-order chi connectivity index (χ0) is 4.99. The van der Waals surface area contributed by atoms with Gasteiger partial charge in [-0.1, -0.05) is 15.9 Å². The molecule has 0 heterocycles. The van der Waals surface area contributed by atoms with Gasteiger partial charge in [0.1, 0.15) is 0 Å². The van der Waals surface area contributed by atoms with Crippen molar-refractivity contribution in [2.75, 3.05) is 5.52 Å². The molecule has 0 aromatic rings. The molecule has 0 saturated carbocycles. The summed E-state index contributed by atoms with van der Waals surface area (Å²) in [6, 6.07) is 0. The van der Waals surface area contributed by atoms with Crippen LogP contribution in [-0.4, -0.2) is 10.6 Å². The third-order valence-corrected chi connectivity index (χ3v) is 0.359. The Hall–Kier alpha value is -0.360. The lowest BCUT2D eigenvalue weighted by atomic mass is 11.7. The molecule has 0 bridgehead atoms. The van der Waals surface area contributed by atoms with Crippen molar-refractivity contribution in [2.24, 2.45) is 0 Å². The highest BCUT2D eigenvalue weighted by atomic mass is 79.9. The van der Waals surface area contributed by atoms with Crippen molar-refractivity contribution < 1.29 is 9.92 Å². The van der Waals surface area contributed by atoms with E-state index in [4.69, 9.17) is 10.1 Å². The summed E-state index contributed by atoms with van der Waals surface area (Å²) in [7, 11) is 0.